The molecule has 0 unspecified atom stereocenters. The molecule has 5 heteroatoms. The average molecular weight is 329 g/mol. The van der Waals surface area contributed by atoms with Crippen molar-refractivity contribution >= 4 is 0 Å². The minimum atomic E-state index is -0.437. The van der Waals surface area contributed by atoms with Gasteiger partial charge in [0.2, 0.25) is 0 Å². The second-order valence-electron chi connectivity index (χ2n) is 4.59. The summed E-state index contributed by atoms with van der Waals surface area (Å²) in [5.41, 5.74) is 2.10. The summed E-state index contributed by atoms with van der Waals surface area (Å²) in [7, 11) is 0. The van der Waals surface area contributed by atoms with E-state index in [9.17, 15) is 9.59 Å². The zero-order chi connectivity index (χ0) is 13.3. The second kappa shape index (κ2) is 6.93. The standard InChI is InChI=1S/C14H15N2O2.Rb/c1-9(2)12-5-4-11(8-10(12)3)16-7-6-13(17)15-14(16)18;/h4,6-9H,1-3H3,(H,15,17,18);/q-1;+1. The molecule has 1 N–H and O–H groups in total. The van der Waals surface area contributed by atoms with Crippen LogP contribution in [0.15, 0.2) is 34.0 Å². The Labute approximate surface area is 160 Å². The monoisotopic (exact) mass is 328 g/mol. The number of nitrogens with one attached hydrogen (secondary N) is 1. The molecular formula is C14H15N2O2Rb. The van der Waals surface area contributed by atoms with Crippen LogP contribution in [0.4, 0.5) is 0 Å². The largest absolute Gasteiger partial charge is 1.00 e. The molecule has 0 fully saturated rings. The Bertz CT molecular complexity index is 686. The first-order valence-corrected chi connectivity index (χ1v) is 5.83. The van der Waals surface area contributed by atoms with Crippen LogP contribution >= 0.6 is 0 Å². The van der Waals surface area contributed by atoms with Crippen molar-refractivity contribution in [3.05, 3.63) is 62.4 Å². The second-order valence-corrected chi connectivity index (χ2v) is 4.59. The van der Waals surface area contributed by atoms with Crippen LogP contribution in [0.3, 0.4) is 0 Å². The summed E-state index contributed by atoms with van der Waals surface area (Å²) in [6.07, 6.45) is 1.47. The number of aromatic amines is 1. The van der Waals surface area contributed by atoms with Crippen LogP contribution in [0, 0.1) is 13.0 Å². The molecule has 94 valence electrons. The average Bonchev–Trinajstić information content (AvgIpc) is 2.28. The fourth-order valence-electron chi connectivity index (χ4n) is 1.99. The maximum absolute atomic E-state index is 11.7. The number of hydrogen-bond donors (Lipinski definition) is 1. The Morgan fingerprint density at radius 1 is 1.32 bits per heavy atom. The molecule has 4 nitrogen and oxygen atoms in total. The van der Waals surface area contributed by atoms with E-state index in [1.54, 1.807) is 6.07 Å². The normalized spacial score (nSPS) is 10.3. The molecule has 0 aliphatic rings. The Balaban J connectivity index is 0.00000180. The van der Waals surface area contributed by atoms with Crippen molar-refractivity contribution in [2.24, 2.45) is 0 Å². The van der Waals surface area contributed by atoms with E-state index >= 15 is 0 Å². The van der Waals surface area contributed by atoms with E-state index in [2.05, 4.69) is 24.9 Å². The summed E-state index contributed by atoms with van der Waals surface area (Å²) in [6.45, 7) is 6.20. The number of H-pyrrole nitrogens is 1. The first kappa shape index (κ1) is 16.8. The Hall–Kier alpha value is -0.295. The summed E-state index contributed by atoms with van der Waals surface area (Å²) in [5, 5.41) is 0. The third-order valence-corrected chi connectivity index (χ3v) is 2.84. The van der Waals surface area contributed by atoms with E-state index in [0.717, 1.165) is 11.1 Å². The van der Waals surface area contributed by atoms with Gasteiger partial charge in [-0.2, -0.15) is 23.3 Å². The molecule has 0 saturated heterocycles. The van der Waals surface area contributed by atoms with Gasteiger partial charge in [-0.15, -0.1) is 6.07 Å². The van der Waals surface area contributed by atoms with E-state index in [1.807, 2.05) is 13.0 Å². The van der Waals surface area contributed by atoms with E-state index < -0.39 is 11.2 Å². The number of aromatic nitrogens is 2. The van der Waals surface area contributed by atoms with Crippen molar-refractivity contribution in [1.29, 1.82) is 0 Å². The van der Waals surface area contributed by atoms with Crippen molar-refractivity contribution in [2.75, 3.05) is 0 Å². The molecule has 0 spiro atoms. The van der Waals surface area contributed by atoms with Crippen LogP contribution in [-0.4, -0.2) is 9.55 Å². The first-order chi connectivity index (χ1) is 8.49. The molecule has 1 heterocycles. The minimum Gasteiger partial charge on any atom is -0.324 e. The van der Waals surface area contributed by atoms with Crippen LogP contribution < -0.4 is 69.4 Å². The molecule has 1 aromatic carbocycles. The molecule has 0 atom stereocenters. The van der Waals surface area contributed by atoms with Crippen LogP contribution in [0.25, 0.3) is 5.69 Å². The molecule has 0 radical (unpaired) electrons. The summed E-state index contributed by atoms with van der Waals surface area (Å²) in [4.78, 5) is 24.9. The Morgan fingerprint density at radius 2 is 2.00 bits per heavy atom. The molecule has 19 heavy (non-hydrogen) atoms. The van der Waals surface area contributed by atoms with Gasteiger partial charge in [0.05, 0.1) is 0 Å². The first-order valence-electron chi connectivity index (χ1n) is 5.83. The molecule has 0 aliphatic heterocycles. The number of hydrogen-bond acceptors (Lipinski definition) is 2. The minimum absolute atomic E-state index is 0. The molecule has 0 bridgehead atoms. The summed E-state index contributed by atoms with van der Waals surface area (Å²) in [6, 6.07) is 8.21. The van der Waals surface area contributed by atoms with Crippen molar-refractivity contribution in [1.82, 2.24) is 9.55 Å². The van der Waals surface area contributed by atoms with Gasteiger partial charge in [0.25, 0.3) is 5.56 Å². The molecule has 0 saturated carbocycles. The predicted octanol–water partition coefficient (Wildman–Crippen LogP) is -1.24. The van der Waals surface area contributed by atoms with Gasteiger partial charge >= 0.3 is 63.9 Å². The maximum Gasteiger partial charge on any atom is 1.00 e. The van der Waals surface area contributed by atoms with E-state index in [1.165, 1.54) is 16.8 Å². The Morgan fingerprint density at radius 3 is 2.53 bits per heavy atom. The number of aryl methyl sites for hydroxylation is 1. The molecule has 2 aromatic rings. The SMILES string of the molecule is Cc1cc(-n2ccc(=O)[nH]c2=O)c[c-]c1C(C)C.[Rb+]. The van der Waals surface area contributed by atoms with Gasteiger partial charge in [-0.25, -0.2) is 4.79 Å². The number of benzene rings is 1. The van der Waals surface area contributed by atoms with E-state index in [-0.39, 0.29) is 58.2 Å². The van der Waals surface area contributed by atoms with Gasteiger partial charge in [-0.3, -0.25) is 9.78 Å². The maximum atomic E-state index is 11.7. The van der Waals surface area contributed by atoms with Crippen LogP contribution in [0.5, 0.6) is 0 Å². The van der Waals surface area contributed by atoms with Crippen molar-refractivity contribution in [3.8, 4) is 5.69 Å². The quantitative estimate of drug-likeness (QED) is 0.701. The fourth-order valence-corrected chi connectivity index (χ4v) is 1.99. The van der Waals surface area contributed by atoms with Gasteiger partial charge in [0, 0.05) is 12.3 Å². The predicted molar refractivity (Wildman–Crippen MR) is 70.3 cm³/mol. The van der Waals surface area contributed by atoms with Gasteiger partial charge in [-0.05, 0) is 5.92 Å². The van der Waals surface area contributed by atoms with E-state index in [4.69, 9.17) is 0 Å². The smallest absolute Gasteiger partial charge is 0.324 e. The van der Waals surface area contributed by atoms with Crippen molar-refractivity contribution < 1.29 is 58.2 Å². The van der Waals surface area contributed by atoms with Crippen molar-refractivity contribution in [2.45, 2.75) is 26.7 Å². The number of nitrogens with zero attached hydrogens (tertiary/aromatic N) is 1. The molecule has 0 amide bonds. The van der Waals surface area contributed by atoms with Gasteiger partial charge < -0.3 is 4.57 Å². The third kappa shape index (κ3) is 3.84. The zero-order valence-corrected chi connectivity index (χ0v) is 16.6. The Kier molecular flexibility index (Phi) is 6.11. The fraction of sp³-hybridized carbons (Fsp3) is 0.286. The van der Waals surface area contributed by atoms with Crippen LogP contribution in [0.1, 0.15) is 30.9 Å². The summed E-state index contributed by atoms with van der Waals surface area (Å²) >= 11 is 0. The van der Waals surface area contributed by atoms with Crippen LogP contribution in [0.2, 0.25) is 0 Å². The third-order valence-electron chi connectivity index (χ3n) is 2.84. The van der Waals surface area contributed by atoms with Gasteiger partial charge in [0.15, 0.2) is 0 Å². The molecule has 0 aliphatic carbocycles. The van der Waals surface area contributed by atoms with Gasteiger partial charge in [-0.1, -0.05) is 26.5 Å². The summed E-state index contributed by atoms with van der Waals surface area (Å²) in [5.74, 6) is 0.395. The topological polar surface area (TPSA) is 54.9 Å². The van der Waals surface area contributed by atoms with E-state index in [0.29, 0.717) is 11.6 Å². The number of rotatable bonds is 2. The van der Waals surface area contributed by atoms with Crippen LogP contribution in [-0.2, 0) is 0 Å². The molecule has 1 aromatic heterocycles. The van der Waals surface area contributed by atoms with Gasteiger partial charge in [0.1, 0.15) is 0 Å². The molecular weight excluding hydrogens is 314 g/mol. The van der Waals surface area contributed by atoms with Crippen molar-refractivity contribution in [3.63, 3.8) is 0 Å². The molecule has 2 rings (SSSR count). The summed E-state index contributed by atoms with van der Waals surface area (Å²) < 4.78 is 1.40. The zero-order valence-electron chi connectivity index (χ0n) is 11.7.